The van der Waals surface area contributed by atoms with E-state index in [0.717, 1.165) is 18.4 Å². The second-order valence-electron chi connectivity index (χ2n) is 4.30. The molecule has 0 heterocycles. The van der Waals surface area contributed by atoms with Gasteiger partial charge in [0.05, 0.1) is 20.3 Å². The van der Waals surface area contributed by atoms with Crippen molar-refractivity contribution in [2.75, 3.05) is 14.2 Å². The standard InChI is InChI=1S/C14H18O3/c1-16-13-8-4-10(9-14(13)17-2)3-7-12(15)11-5-6-11/h3-4,7-9,11-12,15H,5-6H2,1-2H3/b7-3+. The highest BCUT2D eigenvalue weighted by atomic mass is 16.5. The van der Waals surface area contributed by atoms with E-state index >= 15 is 0 Å². The van der Waals surface area contributed by atoms with Crippen LogP contribution in [0.2, 0.25) is 0 Å². The number of aliphatic hydroxyl groups excluding tert-OH is 1. The van der Waals surface area contributed by atoms with E-state index in [1.165, 1.54) is 0 Å². The zero-order chi connectivity index (χ0) is 12.3. The Hall–Kier alpha value is -1.48. The van der Waals surface area contributed by atoms with Gasteiger partial charge in [0, 0.05) is 0 Å². The van der Waals surface area contributed by atoms with Crippen LogP contribution < -0.4 is 9.47 Å². The molecule has 17 heavy (non-hydrogen) atoms. The van der Waals surface area contributed by atoms with E-state index in [9.17, 15) is 5.11 Å². The molecule has 1 aliphatic carbocycles. The first-order valence-electron chi connectivity index (χ1n) is 5.83. The second kappa shape index (κ2) is 5.23. The number of ether oxygens (including phenoxy) is 2. The van der Waals surface area contributed by atoms with E-state index in [2.05, 4.69) is 0 Å². The molecule has 2 rings (SSSR count). The Labute approximate surface area is 102 Å². The number of methoxy groups -OCH3 is 2. The van der Waals surface area contributed by atoms with Gasteiger partial charge in [-0.05, 0) is 36.5 Å². The molecule has 0 aliphatic heterocycles. The molecule has 1 aliphatic rings. The smallest absolute Gasteiger partial charge is 0.161 e. The summed E-state index contributed by atoms with van der Waals surface area (Å²) in [5, 5.41) is 9.73. The third-order valence-electron chi connectivity index (χ3n) is 3.00. The summed E-state index contributed by atoms with van der Waals surface area (Å²) in [6.07, 6.45) is 5.72. The van der Waals surface area contributed by atoms with Gasteiger partial charge in [0.2, 0.25) is 0 Å². The number of rotatable bonds is 5. The summed E-state index contributed by atoms with van der Waals surface area (Å²) >= 11 is 0. The third kappa shape index (κ3) is 3.01. The van der Waals surface area contributed by atoms with Crippen molar-refractivity contribution in [1.29, 1.82) is 0 Å². The van der Waals surface area contributed by atoms with Gasteiger partial charge in [0.25, 0.3) is 0 Å². The van der Waals surface area contributed by atoms with E-state index in [4.69, 9.17) is 9.47 Å². The van der Waals surface area contributed by atoms with Crippen molar-refractivity contribution in [3.63, 3.8) is 0 Å². The fraction of sp³-hybridized carbons (Fsp3) is 0.429. The zero-order valence-corrected chi connectivity index (χ0v) is 10.2. The van der Waals surface area contributed by atoms with Crippen LogP contribution in [0.3, 0.4) is 0 Å². The maximum atomic E-state index is 9.73. The molecule has 3 heteroatoms. The number of aliphatic hydroxyl groups is 1. The molecule has 1 N–H and O–H groups in total. The fourth-order valence-electron chi connectivity index (χ4n) is 1.76. The largest absolute Gasteiger partial charge is 0.493 e. The van der Waals surface area contributed by atoms with E-state index in [1.807, 2.05) is 30.4 Å². The van der Waals surface area contributed by atoms with Crippen molar-refractivity contribution in [1.82, 2.24) is 0 Å². The lowest BCUT2D eigenvalue weighted by molar-refractivity contribution is 0.200. The molecule has 92 valence electrons. The van der Waals surface area contributed by atoms with Crippen LogP contribution in [0.4, 0.5) is 0 Å². The van der Waals surface area contributed by atoms with Gasteiger partial charge >= 0.3 is 0 Å². The zero-order valence-electron chi connectivity index (χ0n) is 10.2. The highest BCUT2D eigenvalue weighted by Crippen LogP contribution is 2.33. The van der Waals surface area contributed by atoms with E-state index in [1.54, 1.807) is 14.2 Å². The normalized spacial score (nSPS) is 17.1. The van der Waals surface area contributed by atoms with Gasteiger partial charge in [-0.25, -0.2) is 0 Å². The van der Waals surface area contributed by atoms with Gasteiger partial charge in [0.1, 0.15) is 0 Å². The van der Waals surface area contributed by atoms with Crippen molar-refractivity contribution in [3.8, 4) is 11.5 Å². The van der Waals surface area contributed by atoms with E-state index in [0.29, 0.717) is 17.4 Å². The minimum absolute atomic E-state index is 0.317. The maximum absolute atomic E-state index is 9.73. The van der Waals surface area contributed by atoms with Crippen LogP contribution in [-0.2, 0) is 0 Å². The van der Waals surface area contributed by atoms with Crippen molar-refractivity contribution in [2.24, 2.45) is 5.92 Å². The molecule has 1 unspecified atom stereocenters. The van der Waals surface area contributed by atoms with Crippen LogP contribution in [0, 0.1) is 5.92 Å². The Bertz CT molecular complexity index is 408. The summed E-state index contributed by atoms with van der Waals surface area (Å²) in [5.41, 5.74) is 1.00. The lowest BCUT2D eigenvalue weighted by atomic mass is 10.1. The topological polar surface area (TPSA) is 38.7 Å². The molecule has 0 radical (unpaired) electrons. The predicted molar refractivity (Wildman–Crippen MR) is 67.3 cm³/mol. The first kappa shape index (κ1) is 12.0. The molecule has 1 aromatic rings. The van der Waals surface area contributed by atoms with Gasteiger partial charge in [0.15, 0.2) is 11.5 Å². The highest BCUT2D eigenvalue weighted by Gasteiger charge is 2.27. The summed E-state index contributed by atoms with van der Waals surface area (Å²) in [6.45, 7) is 0. The van der Waals surface area contributed by atoms with Gasteiger partial charge in [-0.3, -0.25) is 0 Å². The van der Waals surface area contributed by atoms with Crippen LogP contribution >= 0.6 is 0 Å². The number of hydrogen-bond donors (Lipinski definition) is 1. The molecule has 0 aromatic heterocycles. The average Bonchev–Trinajstić information content (AvgIpc) is 3.19. The molecule has 3 nitrogen and oxygen atoms in total. The van der Waals surface area contributed by atoms with Gasteiger partial charge in [-0.2, -0.15) is 0 Å². The van der Waals surface area contributed by atoms with Crippen LogP contribution in [0.1, 0.15) is 18.4 Å². The van der Waals surface area contributed by atoms with Crippen LogP contribution in [0.15, 0.2) is 24.3 Å². The van der Waals surface area contributed by atoms with Crippen LogP contribution in [-0.4, -0.2) is 25.4 Å². The Balaban J connectivity index is 2.10. The van der Waals surface area contributed by atoms with Gasteiger partial charge in [-0.15, -0.1) is 0 Å². The van der Waals surface area contributed by atoms with Gasteiger partial charge in [-0.1, -0.05) is 18.2 Å². The number of benzene rings is 1. The van der Waals surface area contributed by atoms with Crippen molar-refractivity contribution in [2.45, 2.75) is 18.9 Å². The van der Waals surface area contributed by atoms with Gasteiger partial charge < -0.3 is 14.6 Å². The monoisotopic (exact) mass is 234 g/mol. The molecule has 0 amide bonds. The maximum Gasteiger partial charge on any atom is 0.161 e. The third-order valence-corrected chi connectivity index (χ3v) is 3.00. The Morgan fingerprint density at radius 1 is 1.24 bits per heavy atom. The first-order valence-corrected chi connectivity index (χ1v) is 5.83. The first-order chi connectivity index (χ1) is 8.24. The quantitative estimate of drug-likeness (QED) is 0.850. The lowest BCUT2D eigenvalue weighted by Crippen LogP contribution is -2.03. The SMILES string of the molecule is COc1ccc(/C=C/C(O)C2CC2)cc1OC. The summed E-state index contributed by atoms with van der Waals surface area (Å²) in [6, 6.07) is 5.70. The van der Waals surface area contributed by atoms with Crippen molar-refractivity contribution in [3.05, 3.63) is 29.8 Å². The van der Waals surface area contributed by atoms with E-state index < -0.39 is 0 Å². The lowest BCUT2D eigenvalue weighted by Gasteiger charge is -2.08. The number of hydrogen-bond acceptors (Lipinski definition) is 3. The molecule has 0 spiro atoms. The average molecular weight is 234 g/mol. The van der Waals surface area contributed by atoms with E-state index in [-0.39, 0.29) is 6.10 Å². The fourth-order valence-corrected chi connectivity index (χ4v) is 1.76. The van der Waals surface area contributed by atoms with Crippen molar-refractivity contribution < 1.29 is 14.6 Å². The molecule has 1 fully saturated rings. The highest BCUT2D eigenvalue weighted by molar-refractivity contribution is 5.56. The second-order valence-corrected chi connectivity index (χ2v) is 4.30. The molecule has 1 atom stereocenters. The Morgan fingerprint density at radius 3 is 2.53 bits per heavy atom. The summed E-state index contributed by atoms with van der Waals surface area (Å²) < 4.78 is 10.4. The molecule has 1 aromatic carbocycles. The molecule has 0 saturated heterocycles. The van der Waals surface area contributed by atoms with Crippen LogP contribution in [0.5, 0.6) is 11.5 Å². The molecule has 0 bridgehead atoms. The Kier molecular flexibility index (Phi) is 3.69. The molecular formula is C14H18O3. The molecular weight excluding hydrogens is 216 g/mol. The van der Waals surface area contributed by atoms with Crippen molar-refractivity contribution >= 4 is 6.08 Å². The Morgan fingerprint density at radius 2 is 1.94 bits per heavy atom. The van der Waals surface area contributed by atoms with Crippen LogP contribution in [0.25, 0.3) is 6.08 Å². The summed E-state index contributed by atoms with van der Waals surface area (Å²) in [5.74, 6) is 1.88. The minimum Gasteiger partial charge on any atom is -0.493 e. The summed E-state index contributed by atoms with van der Waals surface area (Å²) in [4.78, 5) is 0. The summed E-state index contributed by atoms with van der Waals surface area (Å²) in [7, 11) is 3.23. The predicted octanol–water partition coefficient (Wildman–Crippen LogP) is 2.49. The minimum atomic E-state index is -0.317. The molecule has 1 saturated carbocycles.